The molecule has 130 valence electrons. The van der Waals surface area contributed by atoms with E-state index < -0.39 is 0 Å². The van der Waals surface area contributed by atoms with E-state index in [9.17, 15) is 9.59 Å². The van der Waals surface area contributed by atoms with Crippen molar-refractivity contribution in [3.8, 4) is 5.75 Å². The minimum Gasteiger partial charge on any atom is -0.492 e. The number of ether oxygens (including phenoxy) is 1. The zero-order chi connectivity index (χ0) is 17.7. The Labute approximate surface area is 140 Å². The van der Waals surface area contributed by atoms with Gasteiger partial charge < -0.3 is 19.9 Å². The number of hydrogen-bond donors (Lipinski definition) is 1. The van der Waals surface area contributed by atoms with Crippen LogP contribution in [0, 0.1) is 0 Å². The van der Waals surface area contributed by atoms with E-state index in [0.29, 0.717) is 18.7 Å². The summed E-state index contributed by atoms with van der Waals surface area (Å²) in [7, 11) is 5.14. The SMILES string of the molecule is CN(CCOc1ccc(N)cc1)CCc1cc(=O)n(C)c(=O)n1C. The molecule has 0 unspecified atom stereocenters. The molecule has 1 aromatic heterocycles. The molecular formula is C17H24N4O3. The van der Waals surface area contributed by atoms with E-state index in [1.807, 2.05) is 19.2 Å². The van der Waals surface area contributed by atoms with Crippen molar-refractivity contribution in [3.63, 3.8) is 0 Å². The minimum atomic E-state index is -0.299. The third kappa shape index (κ3) is 4.48. The van der Waals surface area contributed by atoms with Gasteiger partial charge in [-0.05, 0) is 31.3 Å². The van der Waals surface area contributed by atoms with Crippen LogP contribution >= 0.6 is 0 Å². The summed E-state index contributed by atoms with van der Waals surface area (Å²) in [4.78, 5) is 25.7. The highest BCUT2D eigenvalue weighted by Gasteiger charge is 2.07. The molecule has 0 saturated heterocycles. The zero-order valence-corrected chi connectivity index (χ0v) is 14.4. The van der Waals surface area contributed by atoms with Crippen LogP contribution in [0.3, 0.4) is 0 Å². The van der Waals surface area contributed by atoms with E-state index in [0.717, 1.165) is 29.1 Å². The van der Waals surface area contributed by atoms with Gasteiger partial charge in [-0.3, -0.25) is 9.36 Å². The van der Waals surface area contributed by atoms with Gasteiger partial charge in [0, 0.05) is 51.1 Å². The summed E-state index contributed by atoms with van der Waals surface area (Å²) < 4.78 is 8.27. The summed E-state index contributed by atoms with van der Waals surface area (Å²) in [5.74, 6) is 0.784. The second-order valence-corrected chi connectivity index (χ2v) is 5.85. The fourth-order valence-corrected chi connectivity index (χ4v) is 2.32. The minimum absolute atomic E-state index is 0.276. The number of nitrogens with zero attached hydrogens (tertiary/aromatic N) is 3. The average molecular weight is 332 g/mol. The molecule has 0 aliphatic carbocycles. The van der Waals surface area contributed by atoms with Gasteiger partial charge in [-0.2, -0.15) is 0 Å². The predicted molar refractivity (Wildman–Crippen MR) is 94.5 cm³/mol. The topological polar surface area (TPSA) is 82.5 Å². The highest BCUT2D eigenvalue weighted by atomic mass is 16.5. The van der Waals surface area contributed by atoms with Gasteiger partial charge in [0.2, 0.25) is 0 Å². The summed E-state index contributed by atoms with van der Waals surface area (Å²) in [6.45, 7) is 2.02. The lowest BCUT2D eigenvalue weighted by atomic mass is 10.2. The maximum Gasteiger partial charge on any atom is 0.330 e. The summed E-state index contributed by atoms with van der Waals surface area (Å²) in [5.41, 5.74) is 6.49. The van der Waals surface area contributed by atoms with Crippen LogP contribution in [0.25, 0.3) is 0 Å². The van der Waals surface area contributed by atoms with Crippen LogP contribution in [0.1, 0.15) is 5.69 Å². The van der Waals surface area contributed by atoms with E-state index in [2.05, 4.69) is 4.90 Å². The quantitative estimate of drug-likeness (QED) is 0.734. The Hall–Kier alpha value is -2.54. The van der Waals surface area contributed by atoms with E-state index in [4.69, 9.17) is 10.5 Å². The molecule has 0 radical (unpaired) electrons. The van der Waals surface area contributed by atoms with Crippen molar-refractivity contribution in [2.24, 2.45) is 14.1 Å². The maximum atomic E-state index is 11.9. The van der Waals surface area contributed by atoms with Crippen molar-refractivity contribution in [2.75, 3.05) is 32.5 Å². The third-order valence-corrected chi connectivity index (χ3v) is 4.00. The van der Waals surface area contributed by atoms with Crippen molar-refractivity contribution < 1.29 is 4.74 Å². The Morgan fingerprint density at radius 1 is 1.08 bits per heavy atom. The van der Waals surface area contributed by atoms with Gasteiger partial charge in [-0.1, -0.05) is 0 Å². The third-order valence-electron chi connectivity index (χ3n) is 4.00. The largest absolute Gasteiger partial charge is 0.492 e. The van der Waals surface area contributed by atoms with Crippen molar-refractivity contribution in [2.45, 2.75) is 6.42 Å². The Bertz CT molecular complexity index is 793. The van der Waals surface area contributed by atoms with E-state index in [1.165, 1.54) is 17.7 Å². The first-order valence-electron chi connectivity index (χ1n) is 7.81. The summed E-state index contributed by atoms with van der Waals surface area (Å²) in [6.07, 6.45) is 0.625. The molecule has 0 atom stereocenters. The predicted octanol–water partition coefficient (Wildman–Crippen LogP) is 0.220. The second-order valence-electron chi connectivity index (χ2n) is 5.85. The fourth-order valence-electron chi connectivity index (χ4n) is 2.32. The first-order chi connectivity index (χ1) is 11.4. The Kier molecular flexibility index (Phi) is 5.81. The maximum absolute atomic E-state index is 11.9. The number of aromatic nitrogens is 2. The Balaban J connectivity index is 1.83. The lowest BCUT2D eigenvalue weighted by molar-refractivity contribution is 0.238. The van der Waals surface area contributed by atoms with Crippen LogP contribution in [0.5, 0.6) is 5.75 Å². The lowest BCUT2D eigenvalue weighted by Gasteiger charge is -2.18. The number of nitrogens with two attached hydrogens (primary N) is 1. The molecule has 7 heteroatoms. The van der Waals surface area contributed by atoms with Gasteiger partial charge in [-0.25, -0.2) is 4.79 Å². The first-order valence-corrected chi connectivity index (χ1v) is 7.81. The van der Waals surface area contributed by atoms with Crippen LogP contribution < -0.4 is 21.7 Å². The van der Waals surface area contributed by atoms with Gasteiger partial charge in [-0.15, -0.1) is 0 Å². The molecule has 2 rings (SSSR count). The van der Waals surface area contributed by atoms with Gasteiger partial charge in [0.05, 0.1) is 0 Å². The molecule has 0 amide bonds. The van der Waals surface area contributed by atoms with Crippen molar-refractivity contribution in [3.05, 3.63) is 56.9 Å². The lowest BCUT2D eigenvalue weighted by Crippen LogP contribution is -2.38. The van der Waals surface area contributed by atoms with Crippen molar-refractivity contribution in [1.29, 1.82) is 0 Å². The Morgan fingerprint density at radius 3 is 2.42 bits per heavy atom. The molecule has 0 saturated carbocycles. The molecule has 7 nitrogen and oxygen atoms in total. The van der Waals surface area contributed by atoms with Crippen LogP contribution in [0.15, 0.2) is 39.9 Å². The molecule has 24 heavy (non-hydrogen) atoms. The van der Waals surface area contributed by atoms with Gasteiger partial charge in [0.25, 0.3) is 5.56 Å². The second kappa shape index (κ2) is 7.83. The number of rotatable bonds is 7. The van der Waals surface area contributed by atoms with E-state index >= 15 is 0 Å². The molecule has 1 aromatic carbocycles. The molecular weight excluding hydrogens is 308 g/mol. The molecule has 0 fully saturated rings. The van der Waals surface area contributed by atoms with Crippen LogP contribution in [0.4, 0.5) is 5.69 Å². The molecule has 0 aliphatic rings. The van der Waals surface area contributed by atoms with Gasteiger partial charge in [0.15, 0.2) is 0 Å². The molecule has 1 heterocycles. The number of benzene rings is 1. The monoisotopic (exact) mass is 332 g/mol. The highest BCUT2D eigenvalue weighted by molar-refractivity contribution is 5.41. The smallest absolute Gasteiger partial charge is 0.330 e. The molecule has 0 bridgehead atoms. The summed E-state index contributed by atoms with van der Waals surface area (Å²) >= 11 is 0. The summed E-state index contributed by atoms with van der Waals surface area (Å²) in [6, 6.07) is 8.79. The average Bonchev–Trinajstić information content (AvgIpc) is 2.57. The van der Waals surface area contributed by atoms with Crippen LogP contribution in [-0.2, 0) is 20.5 Å². The fraction of sp³-hybridized carbons (Fsp3) is 0.412. The molecule has 2 N–H and O–H groups in total. The Morgan fingerprint density at radius 2 is 1.75 bits per heavy atom. The zero-order valence-electron chi connectivity index (χ0n) is 14.4. The van der Waals surface area contributed by atoms with Crippen molar-refractivity contribution >= 4 is 5.69 Å². The molecule has 0 aliphatic heterocycles. The first kappa shape index (κ1) is 17.8. The number of anilines is 1. The van der Waals surface area contributed by atoms with Crippen LogP contribution in [0.2, 0.25) is 0 Å². The molecule has 0 spiro atoms. The number of likely N-dealkylation sites (N-methyl/N-ethyl adjacent to an activating group) is 1. The summed E-state index contributed by atoms with van der Waals surface area (Å²) in [5, 5.41) is 0. The van der Waals surface area contributed by atoms with Crippen molar-refractivity contribution in [1.82, 2.24) is 14.0 Å². The molecule has 2 aromatic rings. The van der Waals surface area contributed by atoms with E-state index in [-0.39, 0.29) is 11.2 Å². The van der Waals surface area contributed by atoms with Gasteiger partial charge in [0.1, 0.15) is 12.4 Å². The number of nitrogen functional groups attached to an aromatic ring is 1. The standard InChI is InChI=1S/C17H24N4O3/c1-19(10-11-24-15-6-4-13(18)5-7-15)9-8-14-12-16(22)21(3)17(23)20(14)2/h4-7,12H,8-11,18H2,1-3H3. The van der Waals surface area contributed by atoms with Crippen LogP contribution in [-0.4, -0.2) is 40.8 Å². The normalized spacial score (nSPS) is 11.0. The van der Waals surface area contributed by atoms with E-state index in [1.54, 1.807) is 19.2 Å². The highest BCUT2D eigenvalue weighted by Crippen LogP contribution is 2.12. The number of hydrogen-bond acceptors (Lipinski definition) is 5. The van der Waals surface area contributed by atoms with Gasteiger partial charge >= 0.3 is 5.69 Å².